The Morgan fingerprint density at radius 2 is 1.88 bits per heavy atom. The molecule has 0 amide bonds. The van der Waals surface area contributed by atoms with Crippen molar-refractivity contribution in [2.75, 3.05) is 19.5 Å². The Hall–Kier alpha value is -3.35. The summed E-state index contributed by atoms with van der Waals surface area (Å²) in [5, 5.41) is 12.0. The molecule has 0 radical (unpaired) electrons. The minimum Gasteiger partial charge on any atom is -0.497 e. The Kier molecular flexibility index (Phi) is 4.04. The lowest BCUT2D eigenvalue weighted by Crippen LogP contribution is -2.03. The highest BCUT2D eigenvalue weighted by atomic mass is 16.5. The Morgan fingerprint density at radius 1 is 1.04 bits per heavy atom. The fraction of sp³-hybridized carbons (Fsp3) is 0.211. The summed E-state index contributed by atoms with van der Waals surface area (Å²) in [6, 6.07) is 13.5. The third-order valence-corrected chi connectivity index (χ3v) is 4.27. The summed E-state index contributed by atoms with van der Waals surface area (Å²) in [7, 11) is 3.26. The van der Waals surface area contributed by atoms with Gasteiger partial charge in [0.15, 0.2) is 5.82 Å². The van der Waals surface area contributed by atoms with Gasteiger partial charge in [-0.3, -0.25) is 4.40 Å². The van der Waals surface area contributed by atoms with Gasteiger partial charge in [-0.2, -0.15) is 0 Å². The monoisotopic (exact) mass is 349 g/mol. The summed E-state index contributed by atoms with van der Waals surface area (Å²) in [5.41, 5.74) is 3.26. The van der Waals surface area contributed by atoms with Crippen LogP contribution < -0.4 is 14.8 Å². The number of nitrogens with zero attached hydrogens (tertiary/aromatic N) is 4. The van der Waals surface area contributed by atoms with Crippen molar-refractivity contribution in [3.05, 3.63) is 48.3 Å². The molecule has 0 saturated carbocycles. The molecule has 7 nitrogen and oxygen atoms in total. The summed E-state index contributed by atoms with van der Waals surface area (Å²) in [6.07, 6.45) is 0.775. The number of benzene rings is 2. The average Bonchev–Trinajstić information content (AvgIpc) is 3.13. The van der Waals surface area contributed by atoms with Crippen LogP contribution in [0.3, 0.4) is 0 Å². The van der Waals surface area contributed by atoms with Crippen LogP contribution >= 0.6 is 0 Å². The number of methoxy groups -OCH3 is 2. The van der Waals surface area contributed by atoms with Gasteiger partial charge in [-0.1, -0.05) is 19.1 Å². The predicted octanol–water partition coefficient (Wildman–Crippen LogP) is 3.60. The van der Waals surface area contributed by atoms with E-state index in [-0.39, 0.29) is 0 Å². The van der Waals surface area contributed by atoms with Crippen LogP contribution in [0.25, 0.3) is 16.7 Å². The standard InChI is InChI=1S/C19H19N5O2/c1-4-17-22-23-19-18(20-13-7-5-6-8-15(13)24(17)19)21-14-11-12(25-2)9-10-16(14)26-3/h5-11H,4H2,1-3H3,(H,20,21). The molecule has 26 heavy (non-hydrogen) atoms. The summed E-state index contributed by atoms with van der Waals surface area (Å²) < 4.78 is 12.8. The first-order valence-electron chi connectivity index (χ1n) is 8.37. The highest BCUT2D eigenvalue weighted by Gasteiger charge is 2.15. The second kappa shape index (κ2) is 6.51. The van der Waals surface area contributed by atoms with Crippen molar-refractivity contribution >= 4 is 28.2 Å². The summed E-state index contributed by atoms with van der Waals surface area (Å²) >= 11 is 0. The molecule has 4 rings (SSSR count). The molecule has 7 heteroatoms. The van der Waals surface area contributed by atoms with Gasteiger partial charge in [-0.05, 0) is 24.3 Å². The van der Waals surface area contributed by atoms with Crippen molar-refractivity contribution in [3.8, 4) is 11.5 Å². The van der Waals surface area contributed by atoms with Crippen LogP contribution in [0, 0.1) is 0 Å². The summed E-state index contributed by atoms with van der Waals surface area (Å²) in [5.74, 6) is 2.91. The lowest BCUT2D eigenvalue weighted by Gasteiger charge is -2.13. The van der Waals surface area contributed by atoms with Crippen molar-refractivity contribution in [2.24, 2.45) is 0 Å². The van der Waals surface area contributed by atoms with Crippen molar-refractivity contribution in [3.63, 3.8) is 0 Å². The number of rotatable bonds is 5. The first-order chi connectivity index (χ1) is 12.7. The molecule has 0 spiro atoms. The summed E-state index contributed by atoms with van der Waals surface area (Å²) in [6.45, 7) is 2.06. The first kappa shape index (κ1) is 16.1. The molecule has 1 N–H and O–H groups in total. The minimum absolute atomic E-state index is 0.613. The number of aromatic nitrogens is 4. The van der Waals surface area contributed by atoms with E-state index in [2.05, 4.69) is 22.4 Å². The molecule has 0 aliphatic carbocycles. The fourth-order valence-electron chi connectivity index (χ4n) is 2.99. The van der Waals surface area contributed by atoms with Crippen LogP contribution in [-0.4, -0.2) is 33.8 Å². The van der Waals surface area contributed by atoms with E-state index in [4.69, 9.17) is 14.5 Å². The molecule has 132 valence electrons. The van der Waals surface area contributed by atoms with Gasteiger partial charge >= 0.3 is 0 Å². The lowest BCUT2D eigenvalue weighted by atomic mass is 10.2. The molecule has 4 aromatic rings. The molecule has 2 aromatic carbocycles. The van der Waals surface area contributed by atoms with E-state index in [1.807, 2.05) is 46.9 Å². The molecule has 0 fully saturated rings. The van der Waals surface area contributed by atoms with Gasteiger partial charge in [0.1, 0.15) is 17.3 Å². The number of para-hydroxylation sites is 2. The highest BCUT2D eigenvalue weighted by Crippen LogP contribution is 2.33. The van der Waals surface area contributed by atoms with Gasteiger partial charge in [-0.25, -0.2) is 4.98 Å². The van der Waals surface area contributed by atoms with Crippen molar-refractivity contribution < 1.29 is 9.47 Å². The molecule has 0 bridgehead atoms. The van der Waals surface area contributed by atoms with Gasteiger partial charge in [0, 0.05) is 12.5 Å². The van der Waals surface area contributed by atoms with Crippen LogP contribution in [-0.2, 0) is 6.42 Å². The topological polar surface area (TPSA) is 73.6 Å². The normalized spacial score (nSPS) is 11.0. The second-order valence-electron chi connectivity index (χ2n) is 5.77. The zero-order valence-corrected chi connectivity index (χ0v) is 14.9. The zero-order chi connectivity index (χ0) is 18.1. The van der Waals surface area contributed by atoms with Crippen molar-refractivity contribution in [1.82, 2.24) is 19.6 Å². The van der Waals surface area contributed by atoms with E-state index < -0.39 is 0 Å². The second-order valence-corrected chi connectivity index (χ2v) is 5.77. The SMILES string of the molecule is CCc1nnc2c(Nc3cc(OC)ccc3OC)nc3ccccc3n12. The van der Waals surface area contributed by atoms with Crippen LogP contribution in [0.1, 0.15) is 12.7 Å². The van der Waals surface area contributed by atoms with Gasteiger partial charge in [0.2, 0.25) is 5.65 Å². The fourth-order valence-corrected chi connectivity index (χ4v) is 2.99. The minimum atomic E-state index is 0.613. The average molecular weight is 349 g/mol. The first-order valence-corrected chi connectivity index (χ1v) is 8.37. The van der Waals surface area contributed by atoms with E-state index in [1.165, 1.54) is 0 Å². The number of ether oxygens (including phenoxy) is 2. The van der Waals surface area contributed by atoms with Crippen molar-refractivity contribution in [2.45, 2.75) is 13.3 Å². The molecular formula is C19H19N5O2. The Labute approximate surface area is 150 Å². The van der Waals surface area contributed by atoms with E-state index in [0.29, 0.717) is 17.2 Å². The number of aryl methyl sites for hydroxylation is 1. The lowest BCUT2D eigenvalue weighted by molar-refractivity contribution is 0.405. The zero-order valence-electron chi connectivity index (χ0n) is 14.9. The number of anilines is 2. The maximum Gasteiger partial charge on any atom is 0.204 e. The number of fused-ring (bicyclic) bond motifs is 3. The van der Waals surface area contributed by atoms with Crippen LogP contribution in [0.15, 0.2) is 42.5 Å². The molecular weight excluding hydrogens is 330 g/mol. The molecule has 2 heterocycles. The van der Waals surface area contributed by atoms with Gasteiger partial charge in [0.25, 0.3) is 0 Å². The Bertz CT molecular complexity index is 1090. The maximum atomic E-state index is 5.45. The van der Waals surface area contributed by atoms with E-state index in [9.17, 15) is 0 Å². The van der Waals surface area contributed by atoms with Gasteiger partial charge in [-0.15, -0.1) is 10.2 Å². The molecule has 2 aromatic heterocycles. The maximum absolute atomic E-state index is 5.45. The molecule has 0 aliphatic rings. The van der Waals surface area contributed by atoms with Crippen LogP contribution in [0.2, 0.25) is 0 Å². The van der Waals surface area contributed by atoms with Crippen molar-refractivity contribution in [1.29, 1.82) is 0 Å². The molecule has 0 unspecified atom stereocenters. The third kappa shape index (κ3) is 2.57. The number of hydrogen-bond acceptors (Lipinski definition) is 6. The van der Waals surface area contributed by atoms with E-state index >= 15 is 0 Å². The summed E-state index contributed by atoms with van der Waals surface area (Å²) in [4.78, 5) is 4.75. The van der Waals surface area contributed by atoms with E-state index in [1.54, 1.807) is 14.2 Å². The number of hydrogen-bond donors (Lipinski definition) is 1. The van der Waals surface area contributed by atoms with Gasteiger partial charge in [0.05, 0.1) is 30.9 Å². The molecule has 0 atom stereocenters. The molecule has 0 saturated heterocycles. The highest BCUT2D eigenvalue weighted by molar-refractivity contribution is 5.85. The Balaban J connectivity index is 1.93. The quantitative estimate of drug-likeness (QED) is 0.593. The number of nitrogens with one attached hydrogen (secondary N) is 1. The molecule has 0 aliphatic heterocycles. The Morgan fingerprint density at radius 3 is 2.65 bits per heavy atom. The largest absolute Gasteiger partial charge is 0.497 e. The smallest absolute Gasteiger partial charge is 0.204 e. The van der Waals surface area contributed by atoms with Crippen LogP contribution in [0.5, 0.6) is 11.5 Å². The van der Waals surface area contributed by atoms with E-state index in [0.717, 1.165) is 34.7 Å². The van der Waals surface area contributed by atoms with Gasteiger partial charge < -0.3 is 14.8 Å². The third-order valence-electron chi connectivity index (χ3n) is 4.27. The predicted molar refractivity (Wildman–Crippen MR) is 100 cm³/mol. The van der Waals surface area contributed by atoms with Crippen LogP contribution in [0.4, 0.5) is 11.5 Å².